The Morgan fingerprint density at radius 3 is 2.67 bits per heavy atom. The first-order chi connectivity index (χ1) is 8.54. The molecule has 0 aromatic heterocycles. The molecule has 1 aromatic carbocycles. The molecule has 0 heterocycles. The summed E-state index contributed by atoms with van der Waals surface area (Å²) in [6.45, 7) is 1.37. The first kappa shape index (κ1) is 14.0. The van der Waals surface area contributed by atoms with Crippen LogP contribution in [0.25, 0.3) is 0 Å². The molecule has 0 unspecified atom stereocenters. The highest BCUT2D eigenvalue weighted by Crippen LogP contribution is 2.25. The highest BCUT2D eigenvalue weighted by molar-refractivity contribution is 8.00. The van der Waals surface area contributed by atoms with Crippen molar-refractivity contribution in [2.24, 2.45) is 0 Å². The van der Waals surface area contributed by atoms with Crippen molar-refractivity contribution in [3.63, 3.8) is 0 Å². The van der Waals surface area contributed by atoms with E-state index in [9.17, 15) is 14.9 Å². The second kappa shape index (κ2) is 6.61. The molecule has 1 rings (SSSR count). The van der Waals surface area contributed by atoms with E-state index in [4.69, 9.17) is 5.26 Å². The average molecular weight is 266 g/mol. The first-order valence-electron chi connectivity index (χ1n) is 4.99. The highest BCUT2D eigenvalue weighted by atomic mass is 32.2. The lowest BCUT2D eigenvalue weighted by atomic mass is 10.3. The Hall–Kier alpha value is -2.07. The molecule has 7 heteroatoms. The van der Waals surface area contributed by atoms with Gasteiger partial charge in [0.15, 0.2) is 6.61 Å². The van der Waals surface area contributed by atoms with E-state index in [0.717, 1.165) is 4.90 Å². The Balaban J connectivity index is 2.59. The van der Waals surface area contributed by atoms with Gasteiger partial charge in [-0.3, -0.25) is 14.9 Å². The van der Waals surface area contributed by atoms with Crippen LogP contribution in [0.1, 0.15) is 6.92 Å². The van der Waals surface area contributed by atoms with Crippen molar-refractivity contribution in [1.82, 2.24) is 0 Å². The van der Waals surface area contributed by atoms with Gasteiger partial charge in [-0.05, 0) is 19.1 Å². The number of rotatable bonds is 5. The van der Waals surface area contributed by atoms with Gasteiger partial charge in [0, 0.05) is 17.0 Å². The van der Waals surface area contributed by atoms with Crippen LogP contribution in [-0.2, 0) is 9.53 Å². The summed E-state index contributed by atoms with van der Waals surface area (Å²) < 4.78 is 4.66. The van der Waals surface area contributed by atoms with Crippen molar-refractivity contribution in [1.29, 1.82) is 5.26 Å². The monoisotopic (exact) mass is 266 g/mol. The fraction of sp³-hybridized carbons (Fsp3) is 0.273. The van der Waals surface area contributed by atoms with Gasteiger partial charge in [-0.25, -0.2) is 0 Å². The van der Waals surface area contributed by atoms with Crippen LogP contribution in [0.4, 0.5) is 5.69 Å². The van der Waals surface area contributed by atoms with Crippen LogP contribution < -0.4 is 0 Å². The number of benzene rings is 1. The number of nitro benzene ring substituents is 1. The third kappa shape index (κ3) is 4.07. The van der Waals surface area contributed by atoms with Crippen molar-refractivity contribution in [2.45, 2.75) is 17.1 Å². The van der Waals surface area contributed by atoms with Gasteiger partial charge in [-0.15, -0.1) is 11.8 Å². The summed E-state index contributed by atoms with van der Waals surface area (Å²) in [5.74, 6) is -0.486. The van der Waals surface area contributed by atoms with E-state index in [2.05, 4.69) is 4.74 Å². The maximum Gasteiger partial charge on any atom is 0.320 e. The van der Waals surface area contributed by atoms with Crippen molar-refractivity contribution in [2.75, 3.05) is 6.61 Å². The fourth-order valence-corrected chi connectivity index (χ4v) is 1.99. The van der Waals surface area contributed by atoms with Crippen molar-refractivity contribution >= 4 is 23.4 Å². The molecule has 0 N–H and O–H groups in total. The molecule has 0 aliphatic heterocycles. The molecule has 6 nitrogen and oxygen atoms in total. The number of esters is 1. The third-order valence-corrected chi connectivity index (χ3v) is 3.06. The van der Waals surface area contributed by atoms with E-state index in [-0.39, 0.29) is 12.3 Å². The molecule has 1 atom stereocenters. The molecule has 94 valence electrons. The fourth-order valence-electron chi connectivity index (χ4n) is 1.12. The molecular formula is C11H10N2O4S. The number of nitrogens with zero attached hydrogens (tertiary/aromatic N) is 2. The largest absolute Gasteiger partial charge is 0.449 e. The summed E-state index contributed by atoms with van der Waals surface area (Å²) >= 11 is 1.22. The lowest BCUT2D eigenvalue weighted by molar-refractivity contribution is -0.384. The SMILES string of the molecule is C[C@@H](Sc1ccc([N+](=O)[O-])cc1)C(=O)OCC#N. The quantitative estimate of drug-likeness (QED) is 0.351. The van der Waals surface area contributed by atoms with Crippen molar-refractivity contribution < 1.29 is 14.5 Å². The normalized spacial score (nSPS) is 11.3. The molecular weight excluding hydrogens is 256 g/mol. The Morgan fingerprint density at radius 2 is 2.17 bits per heavy atom. The standard InChI is InChI=1S/C11H10N2O4S/c1-8(11(14)17-7-6-12)18-10-4-2-9(3-5-10)13(15)16/h2-5,8H,7H2,1H3/t8-/m1/s1. The maximum atomic E-state index is 11.4. The minimum Gasteiger partial charge on any atom is -0.449 e. The Kier molecular flexibility index (Phi) is 5.14. The molecule has 0 radical (unpaired) electrons. The van der Waals surface area contributed by atoms with Crippen LogP contribution in [0.5, 0.6) is 0 Å². The number of carbonyl (C=O) groups excluding carboxylic acids is 1. The van der Waals surface area contributed by atoms with Gasteiger partial charge in [-0.1, -0.05) is 0 Å². The minimum absolute atomic E-state index is 0.000870. The van der Waals surface area contributed by atoms with Gasteiger partial charge in [0.25, 0.3) is 5.69 Å². The number of nitro groups is 1. The van der Waals surface area contributed by atoms with E-state index in [1.807, 2.05) is 0 Å². The zero-order valence-electron chi connectivity index (χ0n) is 9.53. The van der Waals surface area contributed by atoms with Gasteiger partial charge in [0.1, 0.15) is 11.3 Å². The number of ether oxygens (including phenoxy) is 1. The summed E-state index contributed by atoms with van der Waals surface area (Å²) in [7, 11) is 0. The van der Waals surface area contributed by atoms with Crippen LogP contribution in [0, 0.1) is 21.4 Å². The average Bonchev–Trinajstić information content (AvgIpc) is 2.36. The number of hydrogen-bond acceptors (Lipinski definition) is 6. The second-order valence-corrected chi connectivity index (χ2v) is 4.69. The predicted molar refractivity (Wildman–Crippen MR) is 65.0 cm³/mol. The molecule has 1 aromatic rings. The highest BCUT2D eigenvalue weighted by Gasteiger charge is 2.16. The van der Waals surface area contributed by atoms with Crippen LogP contribution in [0.2, 0.25) is 0 Å². The zero-order valence-corrected chi connectivity index (χ0v) is 10.3. The van der Waals surface area contributed by atoms with Crippen molar-refractivity contribution in [3.05, 3.63) is 34.4 Å². The van der Waals surface area contributed by atoms with Crippen LogP contribution in [0.3, 0.4) is 0 Å². The molecule has 0 fully saturated rings. The number of nitriles is 1. The van der Waals surface area contributed by atoms with Crippen molar-refractivity contribution in [3.8, 4) is 6.07 Å². The second-order valence-electron chi connectivity index (χ2n) is 3.28. The summed E-state index contributed by atoms with van der Waals surface area (Å²) in [6.07, 6.45) is 0. The van der Waals surface area contributed by atoms with Gasteiger partial charge in [0.05, 0.1) is 4.92 Å². The van der Waals surface area contributed by atoms with E-state index in [0.29, 0.717) is 0 Å². The summed E-state index contributed by atoms with van der Waals surface area (Å²) in [6, 6.07) is 7.58. The maximum absolute atomic E-state index is 11.4. The Morgan fingerprint density at radius 1 is 1.56 bits per heavy atom. The van der Waals surface area contributed by atoms with Crippen LogP contribution >= 0.6 is 11.8 Å². The molecule has 0 spiro atoms. The molecule has 18 heavy (non-hydrogen) atoms. The van der Waals surface area contributed by atoms with E-state index in [1.54, 1.807) is 25.1 Å². The number of non-ortho nitro benzene ring substituents is 1. The predicted octanol–water partition coefficient (Wildman–Crippen LogP) is 2.14. The van der Waals surface area contributed by atoms with Crippen LogP contribution in [0.15, 0.2) is 29.2 Å². The number of thioether (sulfide) groups is 1. The Bertz CT molecular complexity index is 481. The minimum atomic E-state index is -0.487. The lowest BCUT2D eigenvalue weighted by Crippen LogP contribution is -2.16. The van der Waals surface area contributed by atoms with E-state index >= 15 is 0 Å². The topological polar surface area (TPSA) is 93.2 Å². The molecule has 0 saturated carbocycles. The number of carbonyl (C=O) groups is 1. The van der Waals surface area contributed by atoms with E-state index in [1.165, 1.54) is 23.9 Å². The number of hydrogen-bond donors (Lipinski definition) is 0. The molecule has 0 aliphatic carbocycles. The molecule has 0 bridgehead atoms. The third-order valence-electron chi connectivity index (χ3n) is 1.97. The molecule has 0 saturated heterocycles. The summed E-state index contributed by atoms with van der Waals surface area (Å²) in [5, 5.41) is 18.3. The van der Waals surface area contributed by atoms with Gasteiger partial charge < -0.3 is 4.74 Å². The van der Waals surface area contributed by atoms with Gasteiger partial charge in [-0.2, -0.15) is 5.26 Å². The Labute approximate surface area is 108 Å². The van der Waals surface area contributed by atoms with E-state index < -0.39 is 16.1 Å². The van der Waals surface area contributed by atoms with Crippen LogP contribution in [-0.4, -0.2) is 22.7 Å². The molecule has 0 amide bonds. The summed E-state index contributed by atoms with van der Waals surface area (Å²) in [5.41, 5.74) is -0.000870. The zero-order chi connectivity index (χ0) is 13.5. The lowest BCUT2D eigenvalue weighted by Gasteiger charge is -2.08. The summed E-state index contributed by atoms with van der Waals surface area (Å²) in [4.78, 5) is 22.1. The first-order valence-corrected chi connectivity index (χ1v) is 5.87. The van der Waals surface area contributed by atoms with Gasteiger partial charge in [0.2, 0.25) is 0 Å². The smallest absolute Gasteiger partial charge is 0.320 e. The molecule has 0 aliphatic rings. The van der Waals surface area contributed by atoms with Gasteiger partial charge >= 0.3 is 5.97 Å².